The number of alkyl carbamates (subject to hydrolysis) is 1. The van der Waals surface area contributed by atoms with Crippen LogP contribution in [0.25, 0.3) is 0 Å². The van der Waals surface area contributed by atoms with Gasteiger partial charge in [0.2, 0.25) is 5.91 Å². The van der Waals surface area contributed by atoms with E-state index in [2.05, 4.69) is 10.1 Å². The number of nitrogens with zero attached hydrogens (tertiary/aromatic N) is 1. The predicted molar refractivity (Wildman–Crippen MR) is 176 cm³/mol. The molecule has 0 unspecified atom stereocenters. The molecule has 0 bridgehead atoms. The quantitative estimate of drug-likeness (QED) is 0.265. The number of Topliss-reactive ketones (excluding diaryl/α,β-unsaturated/α-hetero) is 1. The van der Waals surface area contributed by atoms with E-state index in [1.807, 2.05) is 70.2 Å². The Morgan fingerprint density at radius 2 is 1.36 bits per heavy atom. The zero-order chi connectivity index (χ0) is 34.4. The Kier molecular flexibility index (Phi) is 10.8. The summed E-state index contributed by atoms with van der Waals surface area (Å²) >= 11 is 0. The number of ether oxygens (including phenoxy) is 3. The number of fused-ring (bicyclic) bond motifs is 2. The summed E-state index contributed by atoms with van der Waals surface area (Å²) in [5.41, 5.74) is 4.67. The molecule has 1 N–H and O–H groups in total. The highest BCUT2D eigenvalue weighted by Crippen LogP contribution is 2.38. The molecule has 0 fully saturated rings. The number of hydrogen-bond acceptors (Lipinski definition) is 8. The summed E-state index contributed by atoms with van der Waals surface area (Å²) in [5, 5.41) is 2.68. The first-order chi connectivity index (χ1) is 22.3. The number of benzene rings is 3. The number of carbonyl (C=O) groups is 5. The molecule has 2 aliphatic rings. The van der Waals surface area contributed by atoms with Crippen LogP contribution in [0.3, 0.4) is 0 Å². The number of ketones is 1. The molecular formula is C37H42N2O8. The van der Waals surface area contributed by atoms with Crippen molar-refractivity contribution in [2.24, 2.45) is 10.8 Å². The molecule has 47 heavy (non-hydrogen) atoms. The van der Waals surface area contributed by atoms with Gasteiger partial charge < -0.3 is 24.4 Å². The molecule has 0 saturated heterocycles. The maximum absolute atomic E-state index is 13.0. The maximum Gasteiger partial charge on any atom is 0.407 e. The van der Waals surface area contributed by atoms with Gasteiger partial charge in [-0.3, -0.25) is 9.59 Å². The highest BCUT2D eigenvalue weighted by molar-refractivity contribution is 6.02. The fraction of sp³-hybridized carbons (Fsp3) is 0.378. The van der Waals surface area contributed by atoms with Gasteiger partial charge in [0.25, 0.3) is 0 Å². The van der Waals surface area contributed by atoms with Crippen LogP contribution in [0.2, 0.25) is 0 Å². The van der Waals surface area contributed by atoms with E-state index in [0.717, 1.165) is 28.7 Å². The number of methoxy groups -OCH3 is 2. The zero-order valence-electron chi connectivity index (χ0n) is 27.8. The number of hydrogen-bond donors (Lipinski definition) is 1. The van der Waals surface area contributed by atoms with Crippen LogP contribution in [0.5, 0.6) is 0 Å². The Balaban J connectivity index is 0.000000248. The van der Waals surface area contributed by atoms with Gasteiger partial charge >= 0.3 is 18.0 Å². The fourth-order valence-electron chi connectivity index (χ4n) is 5.70. The third kappa shape index (κ3) is 8.44. The molecule has 0 spiro atoms. The molecule has 10 nitrogen and oxygen atoms in total. The molecular weight excluding hydrogens is 600 g/mol. The lowest BCUT2D eigenvalue weighted by atomic mass is 9.73. The number of rotatable bonds is 7. The number of esters is 2. The molecule has 1 heterocycles. The van der Waals surface area contributed by atoms with Crippen molar-refractivity contribution in [1.82, 2.24) is 5.32 Å². The smallest absolute Gasteiger partial charge is 0.407 e. The Morgan fingerprint density at radius 3 is 2.00 bits per heavy atom. The minimum atomic E-state index is -0.576. The molecule has 5 rings (SSSR count). The first-order valence-corrected chi connectivity index (χ1v) is 15.5. The van der Waals surface area contributed by atoms with Gasteiger partial charge in [0.05, 0.1) is 25.3 Å². The lowest BCUT2D eigenvalue weighted by Gasteiger charge is -2.38. The molecule has 1 aliphatic carbocycles. The third-order valence-corrected chi connectivity index (χ3v) is 8.44. The van der Waals surface area contributed by atoms with Crippen molar-refractivity contribution in [3.8, 4) is 0 Å². The summed E-state index contributed by atoms with van der Waals surface area (Å²) in [6, 6.07) is 20.1. The Morgan fingerprint density at radius 1 is 0.766 bits per heavy atom. The number of nitrogens with one attached hydrogen (secondary N) is 1. The second-order valence-electron chi connectivity index (χ2n) is 13.0. The molecule has 0 saturated carbocycles. The number of anilines is 1. The third-order valence-electron chi connectivity index (χ3n) is 8.44. The number of carbonyl (C=O) groups excluding carboxylic acids is 5. The van der Waals surface area contributed by atoms with E-state index >= 15 is 0 Å². The molecule has 2 amide bonds. The van der Waals surface area contributed by atoms with Crippen LogP contribution in [0, 0.1) is 10.8 Å². The molecule has 10 heteroatoms. The lowest BCUT2D eigenvalue weighted by Crippen LogP contribution is -2.49. The van der Waals surface area contributed by atoms with Crippen LogP contribution in [-0.2, 0) is 49.7 Å². The van der Waals surface area contributed by atoms with E-state index in [4.69, 9.17) is 9.47 Å². The molecule has 3 aromatic carbocycles. The van der Waals surface area contributed by atoms with Gasteiger partial charge in [-0.2, -0.15) is 0 Å². The summed E-state index contributed by atoms with van der Waals surface area (Å²) in [5.74, 6) is -0.647. The average Bonchev–Trinajstić information content (AvgIpc) is 3.05. The highest BCUT2D eigenvalue weighted by Gasteiger charge is 2.39. The summed E-state index contributed by atoms with van der Waals surface area (Å²) in [6.07, 6.45) is 1.17. The van der Waals surface area contributed by atoms with Crippen molar-refractivity contribution in [3.05, 3.63) is 100 Å². The van der Waals surface area contributed by atoms with Crippen LogP contribution in [-0.4, -0.2) is 57.0 Å². The van der Waals surface area contributed by atoms with Gasteiger partial charge in [-0.05, 0) is 59.4 Å². The van der Waals surface area contributed by atoms with E-state index in [0.29, 0.717) is 29.7 Å². The normalized spacial score (nSPS) is 15.7. The highest BCUT2D eigenvalue weighted by atomic mass is 16.5. The second kappa shape index (κ2) is 14.6. The topological polar surface area (TPSA) is 128 Å². The number of amides is 2. The van der Waals surface area contributed by atoms with Crippen LogP contribution in [0.15, 0.2) is 66.7 Å². The van der Waals surface area contributed by atoms with Gasteiger partial charge in [-0.25, -0.2) is 14.4 Å². The molecule has 0 radical (unpaired) electrons. The van der Waals surface area contributed by atoms with Crippen molar-refractivity contribution >= 4 is 35.4 Å². The van der Waals surface area contributed by atoms with Crippen molar-refractivity contribution in [2.45, 2.75) is 53.6 Å². The van der Waals surface area contributed by atoms with Gasteiger partial charge in [-0.15, -0.1) is 0 Å². The summed E-state index contributed by atoms with van der Waals surface area (Å²) in [4.78, 5) is 61.8. The molecule has 0 atom stereocenters. The monoisotopic (exact) mass is 642 g/mol. The van der Waals surface area contributed by atoms with Crippen LogP contribution >= 0.6 is 0 Å². The minimum absolute atomic E-state index is 0.0588. The van der Waals surface area contributed by atoms with Crippen molar-refractivity contribution < 1.29 is 38.2 Å². The van der Waals surface area contributed by atoms with Gasteiger partial charge in [0.1, 0.15) is 12.4 Å². The van der Waals surface area contributed by atoms with Gasteiger partial charge in [0.15, 0.2) is 0 Å². The summed E-state index contributed by atoms with van der Waals surface area (Å²) in [7, 11) is 2.68. The van der Waals surface area contributed by atoms with E-state index < -0.39 is 17.5 Å². The minimum Gasteiger partial charge on any atom is -0.465 e. The summed E-state index contributed by atoms with van der Waals surface area (Å²) in [6.45, 7) is 8.37. The van der Waals surface area contributed by atoms with Crippen LogP contribution in [0.4, 0.5) is 10.5 Å². The van der Waals surface area contributed by atoms with Gasteiger partial charge in [0, 0.05) is 36.0 Å². The fourth-order valence-corrected chi connectivity index (χ4v) is 5.70. The van der Waals surface area contributed by atoms with E-state index in [9.17, 15) is 24.0 Å². The zero-order valence-corrected chi connectivity index (χ0v) is 27.8. The van der Waals surface area contributed by atoms with E-state index in [1.165, 1.54) is 14.2 Å². The Bertz CT molecular complexity index is 1660. The SMILES string of the molecule is COC(=O)c1ccc2c(c1)CC(=O)C(C)(C)C2.COC(=O)c1ccc2c(c1)N(CCNC(=O)OCc1ccccc1)C(=O)C(C)(C)C2. The van der Waals surface area contributed by atoms with Crippen molar-refractivity contribution in [3.63, 3.8) is 0 Å². The van der Waals surface area contributed by atoms with Crippen molar-refractivity contribution in [2.75, 3.05) is 32.2 Å². The predicted octanol–water partition coefficient (Wildman–Crippen LogP) is 5.48. The average molecular weight is 643 g/mol. The van der Waals surface area contributed by atoms with Gasteiger partial charge in [-0.1, -0.05) is 70.2 Å². The second-order valence-corrected chi connectivity index (χ2v) is 13.0. The summed E-state index contributed by atoms with van der Waals surface area (Å²) < 4.78 is 14.7. The van der Waals surface area contributed by atoms with Crippen molar-refractivity contribution in [1.29, 1.82) is 0 Å². The first-order valence-electron chi connectivity index (χ1n) is 15.5. The molecule has 3 aromatic rings. The molecule has 248 valence electrons. The van der Waals surface area contributed by atoms with E-state index in [1.54, 1.807) is 29.2 Å². The molecule has 1 aliphatic heterocycles. The maximum atomic E-state index is 13.0. The lowest BCUT2D eigenvalue weighted by molar-refractivity contribution is -0.127. The van der Waals surface area contributed by atoms with E-state index in [-0.39, 0.29) is 42.8 Å². The largest absolute Gasteiger partial charge is 0.465 e. The van der Waals surface area contributed by atoms with Crippen LogP contribution < -0.4 is 10.2 Å². The Hall–Kier alpha value is -4.99. The standard InChI is InChI=1S/C23H26N2O5.C14H16O3/c1-23(2)14-18-10-9-17(20(26)29-3)13-19(18)25(21(23)27)12-11-24-22(28)30-15-16-7-5-4-6-8-16;1-14(2)8-10-5-4-9(13(16)17-3)6-11(10)7-12(14)15/h4-10,13H,11-12,14-15H2,1-3H3,(H,24,28);4-6H,7-8H2,1-3H3. The first kappa shape index (κ1) is 34.9. The molecule has 0 aromatic heterocycles. The Labute approximate surface area is 275 Å². The van der Waals surface area contributed by atoms with Crippen LogP contribution in [0.1, 0.15) is 70.7 Å².